The smallest absolute Gasteiger partial charge is 0.236 e. The van der Waals surface area contributed by atoms with Crippen molar-refractivity contribution in [3.63, 3.8) is 0 Å². The molecule has 0 bridgehead atoms. The number of oxazole rings is 1. The van der Waals surface area contributed by atoms with Gasteiger partial charge in [-0.15, -0.1) is 11.3 Å². The fourth-order valence-electron chi connectivity index (χ4n) is 1.92. The highest BCUT2D eigenvalue weighted by Gasteiger charge is 2.09. The molecule has 2 aromatic heterocycles. The van der Waals surface area contributed by atoms with Crippen LogP contribution in [0.5, 0.6) is 0 Å². The lowest BCUT2D eigenvalue weighted by Gasteiger charge is -2.14. The number of hydrogen-bond acceptors (Lipinski definition) is 5. The largest absolute Gasteiger partial charge is 0.444 e. The molecule has 0 spiro atoms. The first-order chi connectivity index (χ1) is 9.29. The number of aliphatic hydroxyl groups is 1. The van der Waals surface area contributed by atoms with E-state index in [9.17, 15) is 0 Å². The average Bonchev–Trinajstić information content (AvgIpc) is 3.04. The molecular weight excluding hydrogens is 260 g/mol. The molecule has 104 valence electrons. The maximum atomic E-state index is 8.72. The molecule has 5 heteroatoms. The van der Waals surface area contributed by atoms with Gasteiger partial charge in [0.15, 0.2) is 0 Å². The van der Waals surface area contributed by atoms with Crippen molar-refractivity contribution >= 4 is 11.3 Å². The third-order valence-corrected chi connectivity index (χ3v) is 3.77. The minimum absolute atomic E-state index is 0.289. The van der Waals surface area contributed by atoms with Gasteiger partial charge in [0.2, 0.25) is 5.89 Å². The fraction of sp³-hybridized carbons (Fsp3) is 0.500. The van der Waals surface area contributed by atoms with Crippen LogP contribution in [-0.2, 0) is 6.54 Å². The summed E-state index contributed by atoms with van der Waals surface area (Å²) < 4.78 is 5.49. The van der Waals surface area contributed by atoms with Gasteiger partial charge >= 0.3 is 0 Å². The van der Waals surface area contributed by atoms with Gasteiger partial charge in [-0.1, -0.05) is 6.07 Å². The van der Waals surface area contributed by atoms with E-state index in [4.69, 9.17) is 9.52 Å². The Balaban J connectivity index is 1.79. The molecule has 1 N–H and O–H groups in total. The number of aliphatic hydroxyl groups excluding tert-OH is 1. The molecule has 2 aromatic rings. The van der Waals surface area contributed by atoms with Crippen molar-refractivity contribution in [2.75, 3.05) is 20.2 Å². The second-order valence-corrected chi connectivity index (χ2v) is 5.59. The molecule has 0 saturated heterocycles. The van der Waals surface area contributed by atoms with Crippen molar-refractivity contribution < 1.29 is 9.52 Å². The van der Waals surface area contributed by atoms with Crippen molar-refractivity contribution in [3.8, 4) is 10.8 Å². The molecule has 0 aliphatic rings. The van der Waals surface area contributed by atoms with Gasteiger partial charge in [0, 0.05) is 13.2 Å². The van der Waals surface area contributed by atoms with Gasteiger partial charge < -0.3 is 14.4 Å². The van der Waals surface area contributed by atoms with E-state index in [1.54, 1.807) is 17.6 Å². The summed E-state index contributed by atoms with van der Waals surface area (Å²) in [6.07, 6.45) is 4.80. The minimum atomic E-state index is 0.289. The summed E-state index contributed by atoms with van der Waals surface area (Å²) in [6.45, 7) is 2.10. The molecule has 0 atom stereocenters. The van der Waals surface area contributed by atoms with E-state index in [0.29, 0.717) is 5.89 Å². The van der Waals surface area contributed by atoms with Gasteiger partial charge in [-0.3, -0.25) is 0 Å². The summed E-state index contributed by atoms with van der Waals surface area (Å²) in [6, 6.07) is 4.01. The number of thiophene rings is 1. The zero-order valence-electron chi connectivity index (χ0n) is 11.2. The normalized spacial score (nSPS) is 11.3. The van der Waals surface area contributed by atoms with Gasteiger partial charge in [-0.25, -0.2) is 4.98 Å². The molecule has 4 nitrogen and oxygen atoms in total. The van der Waals surface area contributed by atoms with Crippen molar-refractivity contribution in [2.24, 2.45) is 0 Å². The van der Waals surface area contributed by atoms with Crippen molar-refractivity contribution in [1.82, 2.24) is 9.88 Å². The van der Waals surface area contributed by atoms with E-state index < -0.39 is 0 Å². The van der Waals surface area contributed by atoms with Crippen LogP contribution in [0.4, 0.5) is 0 Å². The van der Waals surface area contributed by atoms with E-state index in [1.165, 1.54) is 0 Å². The van der Waals surface area contributed by atoms with Gasteiger partial charge in [0.05, 0.1) is 10.6 Å². The lowest BCUT2D eigenvalue weighted by Crippen LogP contribution is -2.19. The maximum absolute atomic E-state index is 8.72. The fourth-order valence-corrected chi connectivity index (χ4v) is 2.57. The van der Waals surface area contributed by atoms with Crippen molar-refractivity contribution in [2.45, 2.75) is 25.8 Å². The van der Waals surface area contributed by atoms with Crippen LogP contribution >= 0.6 is 11.3 Å². The Kier molecular flexibility index (Phi) is 5.57. The zero-order valence-corrected chi connectivity index (χ0v) is 12.0. The van der Waals surface area contributed by atoms with Crippen LogP contribution in [0, 0.1) is 0 Å². The second kappa shape index (κ2) is 7.43. The Labute approximate surface area is 117 Å². The number of nitrogens with zero attached hydrogens (tertiary/aromatic N) is 2. The molecule has 0 radical (unpaired) electrons. The van der Waals surface area contributed by atoms with Crippen LogP contribution in [0.25, 0.3) is 10.8 Å². The summed E-state index contributed by atoms with van der Waals surface area (Å²) >= 11 is 1.63. The first-order valence-electron chi connectivity index (χ1n) is 6.57. The van der Waals surface area contributed by atoms with Gasteiger partial charge in [0.1, 0.15) is 6.26 Å². The quantitative estimate of drug-likeness (QED) is 0.755. The van der Waals surface area contributed by atoms with E-state index in [1.807, 2.05) is 17.5 Å². The van der Waals surface area contributed by atoms with E-state index in [2.05, 4.69) is 16.9 Å². The van der Waals surface area contributed by atoms with Gasteiger partial charge in [-0.05, 0) is 44.3 Å². The van der Waals surface area contributed by atoms with Crippen LogP contribution in [-0.4, -0.2) is 35.2 Å². The van der Waals surface area contributed by atoms with Crippen LogP contribution in [0.15, 0.2) is 28.2 Å². The van der Waals surface area contributed by atoms with Crippen molar-refractivity contribution in [1.29, 1.82) is 0 Å². The van der Waals surface area contributed by atoms with Gasteiger partial charge in [-0.2, -0.15) is 0 Å². The Morgan fingerprint density at radius 3 is 3.00 bits per heavy atom. The Bertz CT molecular complexity index is 468. The monoisotopic (exact) mass is 280 g/mol. The molecule has 0 aliphatic heterocycles. The van der Waals surface area contributed by atoms with E-state index in [-0.39, 0.29) is 6.61 Å². The Hall–Kier alpha value is -1.17. The van der Waals surface area contributed by atoms with Crippen molar-refractivity contribution in [3.05, 3.63) is 29.5 Å². The third kappa shape index (κ3) is 4.45. The molecule has 0 aromatic carbocycles. The second-order valence-electron chi connectivity index (χ2n) is 4.64. The average molecular weight is 280 g/mol. The predicted molar refractivity (Wildman–Crippen MR) is 77.1 cm³/mol. The lowest BCUT2D eigenvalue weighted by atomic mass is 10.2. The maximum Gasteiger partial charge on any atom is 0.236 e. The molecule has 19 heavy (non-hydrogen) atoms. The summed E-state index contributed by atoms with van der Waals surface area (Å²) in [5.74, 6) is 0.707. The third-order valence-electron chi connectivity index (χ3n) is 2.91. The van der Waals surface area contributed by atoms with Crippen LogP contribution < -0.4 is 0 Å². The van der Waals surface area contributed by atoms with Gasteiger partial charge in [0.25, 0.3) is 0 Å². The molecule has 0 unspecified atom stereocenters. The highest BCUT2D eigenvalue weighted by molar-refractivity contribution is 7.13. The molecule has 0 amide bonds. The highest BCUT2D eigenvalue weighted by atomic mass is 32.1. The number of unbranched alkanes of at least 4 members (excludes halogenated alkanes) is 2. The van der Waals surface area contributed by atoms with E-state index in [0.717, 1.165) is 42.9 Å². The van der Waals surface area contributed by atoms with Crippen LogP contribution in [0.2, 0.25) is 0 Å². The summed E-state index contributed by atoms with van der Waals surface area (Å²) in [5, 5.41) is 10.7. The topological polar surface area (TPSA) is 49.5 Å². The number of hydrogen-bond donors (Lipinski definition) is 1. The van der Waals surface area contributed by atoms with Crippen LogP contribution in [0.3, 0.4) is 0 Å². The molecule has 0 saturated carbocycles. The number of rotatable bonds is 8. The predicted octanol–water partition coefficient (Wildman–Crippen LogP) is 3.00. The first-order valence-corrected chi connectivity index (χ1v) is 7.45. The lowest BCUT2D eigenvalue weighted by molar-refractivity contribution is 0.270. The Morgan fingerprint density at radius 2 is 2.26 bits per heavy atom. The summed E-state index contributed by atoms with van der Waals surface area (Å²) in [5.41, 5.74) is 0.966. The molecule has 0 fully saturated rings. The molecule has 0 aliphatic carbocycles. The highest BCUT2D eigenvalue weighted by Crippen LogP contribution is 2.23. The standard InChI is InChI=1S/C14H20N2O2S/c1-16(7-3-2-4-8-17)10-12-11-18-14(15-12)13-6-5-9-19-13/h5-6,9,11,17H,2-4,7-8,10H2,1H3. The minimum Gasteiger partial charge on any atom is -0.444 e. The molecule has 2 rings (SSSR count). The van der Waals surface area contributed by atoms with E-state index >= 15 is 0 Å². The molecular formula is C14H20N2O2S. The SMILES string of the molecule is CN(CCCCCO)Cc1coc(-c2cccs2)n1. The van der Waals surface area contributed by atoms with Crippen LogP contribution in [0.1, 0.15) is 25.0 Å². The summed E-state index contributed by atoms with van der Waals surface area (Å²) in [7, 11) is 2.08. The molecule has 2 heterocycles. The number of aromatic nitrogens is 1. The summed E-state index contributed by atoms with van der Waals surface area (Å²) in [4.78, 5) is 7.80. The zero-order chi connectivity index (χ0) is 13.5. The first kappa shape index (κ1) is 14.2. The Morgan fingerprint density at radius 1 is 1.37 bits per heavy atom.